The molecule has 4 heteroatoms. The molecule has 0 saturated carbocycles. The molecule has 0 aliphatic heterocycles. The molecule has 0 atom stereocenters. The molecule has 1 heterocycles. The third-order valence-electron chi connectivity index (χ3n) is 1.32. The van der Waals surface area contributed by atoms with Gasteiger partial charge in [0, 0.05) is 6.54 Å². The fourth-order valence-corrected chi connectivity index (χ4v) is 0.806. The van der Waals surface area contributed by atoms with Crippen molar-refractivity contribution in [1.29, 1.82) is 0 Å². The molecule has 12 heavy (non-hydrogen) atoms. The Balaban J connectivity index is 2.41. The fourth-order valence-electron chi connectivity index (χ4n) is 0.806. The zero-order valence-electron chi connectivity index (χ0n) is 7.46. The first-order chi connectivity index (χ1) is 5.86. The van der Waals surface area contributed by atoms with Crippen molar-refractivity contribution in [1.82, 2.24) is 10.3 Å². The van der Waals surface area contributed by atoms with Crippen molar-refractivity contribution >= 4 is 0 Å². The van der Waals surface area contributed by atoms with E-state index in [1.165, 1.54) is 0 Å². The first-order valence-electron chi connectivity index (χ1n) is 4.08. The Bertz CT molecular complexity index is 223. The van der Waals surface area contributed by atoms with Crippen LogP contribution < -0.4 is 10.1 Å². The highest BCUT2D eigenvalue weighted by Crippen LogP contribution is 2.09. The maximum atomic E-state index is 5.18. The van der Waals surface area contributed by atoms with Crippen molar-refractivity contribution in [3.63, 3.8) is 0 Å². The molecule has 0 unspecified atom stereocenters. The number of nitrogens with one attached hydrogen (secondary N) is 1. The van der Waals surface area contributed by atoms with Crippen LogP contribution in [0.15, 0.2) is 10.7 Å². The zero-order chi connectivity index (χ0) is 8.81. The lowest BCUT2D eigenvalue weighted by Crippen LogP contribution is -2.05. The Hall–Kier alpha value is -1.03. The molecule has 4 nitrogen and oxygen atoms in total. The average Bonchev–Trinajstić information content (AvgIpc) is 2.50. The minimum atomic E-state index is 0.363. The summed E-state index contributed by atoms with van der Waals surface area (Å²) < 4.78 is 10.2. The third kappa shape index (κ3) is 2.54. The van der Waals surface area contributed by atoms with E-state index in [1.807, 2.05) is 14.0 Å². The highest BCUT2D eigenvalue weighted by Gasteiger charge is 2.02. The number of nitrogens with zero attached hydrogens (tertiary/aromatic N) is 1. The molecule has 0 amide bonds. The largest absolute Gasteiger partial charge is 0.450 e. The summed E-state index contributed by atoms with van der Waals surface area (Å²) in [5, 5.41) is 2.98. The van der Waals surface area contributed by atoms with Gasteiger partial charge in [-0.25, -0.2) is 0 Å². The number of hydrogen-bond donors (Lipinski definition) is 1. The van der Waals surface area contributed by atoms with E-state index >= 15 is 0 Å². The Kier molecular flexibility index (Phi) is 3.60. The summed E-state index contributed by atoms with van der Waals surface area (Å²) in [5.41, 5.74) is 0.864. The Morgan fingerprint density at radius 2 is 2.50 bits per heavy atom. The standard InChI is InChI=1S/C8H14N2O2/c1-3-4-11-8-10-7(5-9-2)6-12-8/h6,9H,3-5H2,1-2H3. The Morgan fingerprint density at radius 3 is 3.17 bits per heavy atom. The molecule has 0 radical (unpaired) electrons. The first-order valence-corrected chi connectivity index (χ1v) is 4.08. The zero-order valence-corrected chi connectivity index (χ0v) is 7.46. The van der Waals surface area contributed by atoms with Crippen LogP contribution in [0.5, 0.6) is 6.08 Å². The van der Waals surface area contributed by atoms with Gasteiger partial charge in [0.05, 0.1) is 12.3 Å². The van der Waals surface area contributed by atoms with E-state index in [-0.39, 0.29) is 0 Å². The molecule has 1 aromatic rings. The van der Waals surface area contributed by atoms with E-state index in [4.69, 9.17) is 9.15 Å². The van der Waals surface area contributed by atoms with E-state index in [2.05, 4.69) is 10.3 Å². The fraction of sp³-hybridized carbons (Fsp3) is 0.625. The summed E-state index contributed by atoms with van der Waals surface area (Å²) in [6, 6.07) is 0. The molecular weight excluding hydrogens is 156 g/mol. The van der Waals surface area contributed by atoms with Crippen LogP contribution >= 0.6 is 0 Å². The SMILES string of the molecule is CCCOc1nc(CNC)co1. The molecule has 0 fully saturated rings. The maximum Gasteiger partial charge on any atom is 0.393 e. The van der Waals surface area contributed by atoms with E-state index in [9.17, 15) is 0 Å². The second-order valence-corrected chi connectivity index (χ2v) is 2.48. The lowest BCUT2D eigenvalue weighted by Gasteiger charge is -1.95. The van der Waals surface area contributed by atoms with Gasteiger partial charge in [0.2, 0.25) is 0 Å². The summed E-state index contributed by atoms with van der Waals surface area (Å²) in [6.45, 7) is 3.40. The van der Waals surface area contributed by atoms with Gasteiger partial charge in [0.15, 0.2) is 0 Å². The lowest BCUT2D eigenvalue weighted by molar-refractivity contribution is 0.230. The summed E-state index contributed by atoms with van der Waals surface area (Å²) in [5.74, 6) is 0. The molecule has 0 saturated heterocycles. The van der Waals surface area contributed by atoms with E-state index in [0.29, 0.717) is 19.2 Å². The molecule has 0 aliphatic carbocycles. The second-order valence-electron chi connectivity index (χ2n) is 2.48. The molecular formula is C8H14N2O2. The third-order valence-corrected chi connectivity index (χ3v) is 1.32. The van der Waals surface area contributed by atoms with Gasteiger partial charge in [-0.2, -0.15) is 4.98 Å². The first kappa shape index (κ1) is 9.06. The van der Waals surface area contributed by atoms with Gasteiger partial charge >= 0.3 is 6.08 Å². The van der Waals surface area contributed by atoms with Crippen LogP contribution in [0.3, 0.4) is 0 Å². The number of ether oxygens (including phenoxy) is 1. The predicted molar refractivity (Wildman–Crippen MR) is 45.1 cm³/mol. The van der Waals surface area contributed by atoms with Gasteiger partial charge in [-0.3, -0.25) is 0 Å². The lowest BCUT2D eigenvalue weighted by atomic mass is 10.5. The van der Waals surface area contributed by atoms with Gasteiger partial charge in [0.25, 0.3) is 0 Å². The minimum absolute atomic E-state index is 0.363. The molecule has 68 valence electrons. The van der Waals surface area contributed by atoms with Gasteiger partial charge in [-0.15, -0.1) is 0 Å². The number of aromatic nitrogens is 1. The van der Waals surface area contributed by atoms with Crippen LogP contribution in [0, 0.1) is 0 Å². The van der Waals surface area contributed by atoms with Crippen molar-refractivity contribution in [3.05, 3.63) is 12.0 Å². The molecule has 1 rings (SSSR count). The summed E-state index contributed by atoms with van der Waals surface area (Å²) >= 11 is 0. The smallest absolute Gasteiger partial charge is 0.393 e. The summed E-state index contributed by atoms with van der Waals surface area (Å²) in [6.07, 6.45) is 2.92. The molecule has 0 spiro atoms. The number of hydrogen-bond acceptors (Lipinski definition) is 4. The Morgan fingerprint density at radius 1 is 1.67 bits per heavy atom. The summed E-state index contributed by atoms with van der Waals surface area (Å²) in [7, 11) is 1.86. The van der Waals surface area contributed by atoms with E-state index in [1.54, 1.807) is 6.26 Å². The monoisotopic (exact) mass is 170 g/mol. The summed E-state index contributed by atoms with van der Waals surface area (Å²) in [4.78, 5) is 4.09. The maximum absolute atomic E-state index is 5.18. The quantitative estimate of drug-likeness (QED) is 0.720. The van der Waals surface area contributed by atoms with Crippen LogP contribution in [-0.2, 0) is 6.54 Å². The molecule has 1 aromatic heterocycles. The molecule has 1 N–H and O–H groups in total. The van der Waals surface area contributed by atoms with Crippen LogP contribution in [0.1, 0.15) is 19.0 Å². The van der Waals surface area contributed by atoms with Crippen molar-refractivity contribution in [3.8, 4) is 6.08 Å². The van der Waals surface area contributed by atoms with E-state index < -0.39 is 0 Å². The average molecular weight is 170 g/mol. The topological polar surface area (TPSA) is 47.3 Å². The second kappa shape index (κ2) is 4.77. The van der Waals surface area contributed by atoms with E-state index in [0.717, 1.165) is 12.1 Å². The van der Waals surface area contributed by atoms with Gasteiger partial charge in [0.1, 0.15) is 6.26 Å². The normalized spacial score (nSPS) is 10.2. The Labute approximate surface area is 71.9 Å². The highest BCUT2D eigenvalue weighted by atomic mass is 16.6. The van der Waals surface area contributed by atoms with Gasteiger partial charge in [-0.1, -0.05) is 6.92 Å². The highest BCUT2D eigenvalue weighted by molar-refractivity contribution is 4.98. The van der Waals surface area contributed by atoms with Crippen molar-refractivity contribution in [2.45, 2.75) is 19.9 Å². The molecule has 0 aromatic carbocycles. The van der Waals surface area contributed by atoms with Crippen molar-refractivity contribution in [2.75, 3.05) is 13.7 Å². The van der Waals surface area contributed by atoms with Crippen LogP contribution in [0.2, 0.25) is 0 Å². The van der Waals surface area contributed by atoms with Crippen LogP contribution in [0.4, 0.5) is 0 Å². The van der Waals surface area contributed by atoms with Crippen molar-refractivity contribution < 1.29 is 9.15 Å². The number of oxazole rings is 1. The van der Waals surface area contributed by atoms with Gasteiger partial charge < -0.3 is 14.5 Å². The number of rotatable bonds is 5. The van der Waals surface area contributed by atoms with Crippen molar-refractivity contribution in [2.24, 2.45) is 0 Å². The van der Waals surface area contributed by atoms with Crippen LogP contribution in [0.25, 0.3) is 0 Å². The van der Waals surface area contributed by atoms with Crippen LogP contribution in [-0.4, -0.2) is 18.6 Å². The minimum Gasteiger partial charge on any atom is -0.450 e. The molecule has 0 aliphatic rings. The predicted octanol–water partition coefficient (Wildman–Crippen LogP) is 1.18. The van der Waals surface area contributed by atoms with Gasteiger partial charge in [-0.05, 0) is 13.5 Å². The molecule has 0 bridgehead atoms.